The molecule has 0 aromatic rings. The third kappa shape index (κ3) is 29.0. The minimum absolute atomic E-state index is 0. The molecule has 0 aliphatic carbocycles. The molecule has 0 aromatic heterocycles. The molecule has 0 amide bonds. The van der Waals surface area contributed by atoms with Crippen molar-refractivity contribution < 1.29 is 58.0 Å². The van der Waals surface area contributed by atoms with Crippen molar-refractivity contribution in [3.63, 3.8) is 0 Å². The molecule has 9 nitrogen and oxygen atoms in total. The molecule has 0 saturated carbocycles. The molecule has 0 bridgehead atoms. The zero-order valence-electron chi connectivity index (χ0n) is 18.9. The quantitative estimate of drug-likeness (QED) is 0.341. The van der Waals surface area contributed by atoms with Gasteiger partial charge in [-0.2, -0.15) is 0 Å². The Kier molecular flexibility index (Phi) is 27.2. The third-order valence-corrected chi connectivity index (χ3v) is 7.42. The second-order valence-electron chi connectivity index (χ2n) is 5.29. The first-order chi connectivity index (χ1) is 12.4. The van der Waals surface area contributed by atoms with Gasteiger partial charge in [0.15, 0.2) is 0 Å². The predicted molar refractivity (Wildman–Crippen MR) is 111 cm³/mol. The van der Waals surface area contributed by atoms with E-state index in [0.29, 0.717) is 39.6 Å². The van der Waals surface area contributed by atoms with E-state index in [-0.39, 0.29) is 17.1 Å². The van der Waals surface area contributed by atoms with Crippen LogP contribution in [0, 0.1) is 0 Å². The zero-order valence-corrected chi connectivity index (χ0v) is 23.0. The first-order valence-electron chi connectivity index (χ1n) is 9.37. The molecule has 0 aliphatic rings. The van der Waals surface area contributed by atoms with Crippen molar-refractivity contribution in [2.24, 2.45) is 0 Å². The summed E-state index contributed by atoms with van der Waals surface area (Å²) < 4.78 is 29.7. The number of hydrogen-bond donors (Lipinski definition) is 3. The fourth-order valence-corrected chi connectivity index (χ4v) is 5.20. The molecule has 176 valence electrons. The van der Waals surface area contributed by atoms with Crippen molar-refractivity contribution in [3.8, 4) is 0 Å². The Morgan fingerprint density at radius 3 is 0.607 bits per heavy atom. The van der Waals surface area contributed by atoms with Crippen LogP contribution in [0.25, 0.3) is 0 Å². The van der Waals surface area contributed by atoms with Crippen LogP contribution in [0.15, 0.2) is 0 Å². The Balaban J connectivity index is -0.000000152. The summed E-state index contributed by atoms with van der Waals surface area (Å²) in [6, 6.07) is 0. The Morgan fingerprint density at radius 2 is 0.536 bits per heavy atom. The van der Waals surface area contributed by atoms with E-state index in [9.17, 15) is 14.4 Å². The molecule has 0 rings (SSSR count). The summed E-state index contributed by atoms with van der Waals surface area (Å²) in [7, 11) is -8.11. The predicted octanol–water partition coefficient (Wildman–Crippen LogP) is 1.86. The van der Waals surface area contributed by atoms with Crippen molar-refractivity contribution >= 4 is 26.4 Å². The molecule has 0 spiro atoms. The third-order valence-electron chi connectivity index (χ3n) is 2.47. The van der Waals surface area contributed by atoms with Crippen LogP contribution in [0.3, 0.4) is 0 Å². The summed E-state index contributed by atoms with van der Waals surface area (Å²) >= 11 is 0. The Hall–Kier alpha value is 0.810. The normalized spacial score (nSPS) is 11.6. The van der Waals surface area contributed by atoms with E-state index < -0.39 is 26.4 Å². The van der Waals surface area contributed by atoms with Crippen LogP contribution in [0.1, 0.15) is 41.5 Å². The molecule has 0 aliphatic heterocycles. The first kappa shape index (κ1) is 36.2. The second kappa shape index (κ2) is 21.1. The maximum absolute atomic E-state index is 9.21. The average Bonchev–Trinajstić information content (AvgIpc) is 2.47. The maximum atomic E-state index is 9.21. The largest absolute Gasteiger partial charge is 0.494 e. The van der Waals surface area contributed by atoms with E-state index in [1.54, 1.807) is 19.6 Å². The van der Waals surface area contributed by atoms with Crippen LogP contribution < -0.4 is 0 Å². The smallest absolute Gasteiger partial charge is 0.390 e. The molecule has 0 unspecified atom stereocenters. The summed E-state index contributed by atoms with van der Waals surface area (Å²) in [5, 5.41) is 0. The summed E-state index contributed by atoms with van der Waals surface area (Å²) in [6.45, 7) is 18.9. The topological polar surface area (TPSA) is 116 Å². The van der Waals surface area contributed by atoms with Gasteiger partial charge in [0.2, 0.25) is 0 Å². The number of rotatable bonds is 12. The van der Waals surface area contributed by atoms with Crippen LogP contribution in [0.5, 0.6) is 0 Å². The van der Waals surface area contributed by atoms with Crippen LogP contribution in [0.2, 0.25) is 19.6 Å². The van der Waals surface area contributed by atoms with Gasteiger partial charge in [-0.05, 0) is 41.5 Å². The van der Waals surface area contributed by atoms with Gasteiger partial charge in [-0.3, -0.25) is 0 Å². The van der Waals surface area contributed by atoms with E-state index >= 15 is 0 Å². The molecule has 3 N–H and O–H groups in total. The average molecular weight is 507 g/mol. The summed E-state index contributed by atoms with van der Waals surface area (Å²) in [6.07, 6.45) is 0. The second-order valence-corrected chi connectivity index (χ2v) is 12.4. The van der Waals surface area contributed by atoms with Crippen molar-refractivity contribution in [2.75, 3.05) is 39.6 Å². The van der Waals surface area contributed by atoms with Gasteiger partial charge in [0.05, 0.1) is 0 Å². The molecule has 0 saturated heterocycles. The minimum Gasteiger partial charge on any atom is -0.390 e. The minimum atomic E-state index is -2.70. The molecular formula is C15H42FeO9Si3. The van der Waals surface area contributed by atoms with Crippen LogP contribution in [-0.4, -0.2) is 80.4 Å². The molecule has 0 heterocycles. The van der Waals surface area contributed by atoms with E-state index in [2.05, 4.69) is 0 Å². The molecule has 0 aromatic carbocycles. The molecule has 0 fully saturated rings. The molecular weight excluding hydrogens is 464 g/mol. The maximum Gasteiger partial charge on any atom is 0.494 e. The molecule has 0 atom stereocenters. The van der Waals surface area contributed by atoms with E-state index in [1.165, 1.54) is 0 Å². The van der Waals surface area contributed by atoms with E-state index in [4.69, 9.17) is 26.6 Å². The summed E-state index contributed by atoms with van der Waals surface area (Å²) in [5.74, 6) is 0. The van der Waals surface area contributed by atoms with Gasteiger partial charge in [-0.15, -0.1) is 0 Å². The van der Waals surface area contributed by atoms with Crippen molar-refractivity contribution in [1.29, 1.82) is 0 Å². The van der Waals surface area contributed by atoms with Crippen molar-refractivity contribution in [2.45, 2.75) is 61.2 Å². The fourth-order valence-electron chi connectivity index (χ4n) is 1.73. The SMILES string of the molecule is CCO[Si](C)(O)OCC.CCO[Si](C)(O)OCC.CCO[Si](C)(O)OCC.[Fe]. The molecule has 28 heavy (non-hydrogen) atoms. The monoisotopic (exact) mass is 506 g/mol. The van der Waals surface area contributed by atoms with Crippen molar-refractivity contribution in [3.05, 3.63) is 0 Å². The van der Waals surface area contributed by atoms with Gasteiger partial charge >= 0.3 is 26.4 Å². The van der Waals surface area contributed by atoms with Gasteiger partial charge in [-0.1, -0.05) is 0 Å². The van der Waals surface area contributed by atoms with Gasteiger partial charge in [0, 0.05) is 76.4 Å². The standard InChI is InChI=1S/3C5H14O3Si.Fe/c3*1-4-7-9(3,6)8-5-2;/h3*6H,4-5H2,1-3H3;. The van der Waals surface area contributed by atoms with Gasteiger partial charge in [-0.25, -0.2) is 0 Å². The molecule has 13 heteroatoms. The van der Waals surface area contributed by atoms with Gasteiger partial charge < -0.3 is 40.9 Å². The Morgan fingerprint density at radius 1 is 0.429 bits per heavy atom. The number of hydrogen-bond acceptors (Lipinski definition) is 9. The van der Waals surface area contributed by atoms with Gasteiger partial charge in [0.1, 0.15) is 0 Å². The summed E-state index contributed by atoms with van der Waals surface area (Å²) in [5.41, 5.74) is 0. The van der Waals surface area contributed by atoms with E-state index in [1.807, 2.05) is 41.5 Å². The van der Waals surface area contributed by atoms with Crippen molar-refractivity contribution in [1.82, 2.24) is 0 Å². The summed E-state index contributed by atoms with van der Waals surface area (Å²) in [4.78, 5) is 27.6. The van der Waals surface area contributed by atoms with Crippen LogP contribution in [-0.2, 0) is 43.6 Å². The van der Waals surface area contributed by atoms with Crippen LogP contribution in [0.4, 0.5) is 0 Å². The van der Waals surface area contributed by atoms with Gasteiger partial charge in [0.25, 0.3) is 0 Å². The molecule has 0 radical (unpaired) electrons. The Bertz CT molecular complexity index is 254. The fraction of sp³-hybridized carbons (Fsp3) is 1.00. The first-order valence-corrected chi connectivity index (χ1v) is 16.2. The van der Waals surface area contributed by atoms with E-state index in [0.717, 1.165) is 0 Å². The Labute approximate surface area is 185 Å². The van der Waals surface area contributed by atoms with Crippen LogP contribution >= 0.6 is 0 Å². The zero-order chi connectivity index (χ0) is 22.0.